The van der Waals surface area contributed by atoms with E-state index in [1.807, 2.05) is 0 Å². The first-order valence-corrected chi connectivity index (χ1v) is 15.1. The quantitative estimate of drug-likeness (QED) is 0.157. The average molecular weight is 700 g/mol. The molecular weight excluding hydrogens is 670 g/mol. The molecule has 1 aliphatic carbocycles. The monoisotopic (exact) mass is 698 g/mol. The minimum absolute atomic E-state index is 0.00396. The lowest BCUT2D eigenvalue weighted by molar-refractivity contribution is -0.123. The van der Waals surface area contributed by atoms with Gasteiger partial charge in [0.25, 0.3) is 5.91 Å². The van der Waals surface area contributed by atoms with Crippen molar-refractivity contribution in [1.82, 2.24) is 15.3 Å². The van der Waals surface area contributed by atoms with Crippen LogP contribution < -0.4 is 20.5 Å². The van der Waals surface area contributed by atoms with E-state index < -0.39 is 35.2 Å². The van der Waals surface area contributed by atoms with Crippen molar-refractivity contribution < 1.29 is 43.2 Å². The lowest BCUT2D eigenvalue weighted by Gasteiger charge is -2.30. The smallest absolute Gasteiger partial charge is 0.387 e. The number of aryl methyl sites for hydroxylation is 1. The number of alkyl halides is 2. The third kappa shape index (κ3) is 5.45. The first-order valence-electron chi connectivity index (χ1n) is 14.3. The van der Waals surface area contributed by atoms with Crippen LogP contribution in [0, 0.1) is 12.8 Å². The van der Waals surface area contributed by atoms with Crippen LogP contribution in [0.3, 0.4) is 0 Å². The highest BCUT2D eigenvalue weighted by Crippen LogP contribution is 2.50. The molecule has 240 valence electrons. The van der Waals surface area contributed by atoms with Crippen LogP contribution in [-0.4, -0.2) is 56.9 Å². The van der Waals surface area contributed by atoms with Crippen molar-refractivity contribution in [2.24, 2.45) is 11.7 Å². The van der Waals surface area contributed by atoms with Crippen molar-refractivity contribution in [2.45, 2.75) is 44.3 Å². The van der Waals surface area contributed by atoms with E-state index in [4.69, 9.17) is 20.2 Å². The molecule has 2 aromatic carbocycles. The third-order valence-electron chi connectivity index (χ3n) is 8.57. The summed E-state index contributed by atoms with van der Waals surface area (Å²) in [4.78, 5) is 35.1. The summed E-state index contributed by atoms with van der Waals surface area (Å²) in [7, 11) is 0. The summed E-state index contributed by atoms with van der Waals surface area (Å²) in [5.74, 6) is -2.48. The number of aromatic nitrogens is 2. The number of carbonyl (C=O) groups is 2. The molecule has 4 aromatic rings. The van der Waals surface area contributed by atoms with Gasteiger partial charge in [0.1, 0.15) is 34.6 Å². The van der Waals surface area contributed by atoms with Gasteiger partial charge in [-0.15, -0.1) is 0 Å². The van der Waals surface area contributed by atoms with E-state index in [2.05, 4.69) is 26.2 Å². The zero-order valence-electron chi connectivity index (χ0n) is 24.6. The molecule has 6 N–H and O–H groups in total. The number of hydrogen-bond acceptors (Lipinski definition) is 9. The molecule has 2 aliphatic rings. The predicted octanol–water partition coefficient (Wildman–Crippen LogP) is 4.54. The summed E-state index contributed by atoms with van der Waals surface area (Å²) in [6.45, 7) is -0.272. The average Bonchev–Trinajstić information content (AvgIpc) is 3.81. The number of hydrogen-bond donors (Lipinski definition) is 5. The second kappa shape index (κ2) is 11.4. The molecule has 2 atom stereocenters. The van der Waals surface area contributed by atoms with Gasteiger partial charge in [0, 0.05) is 26.5 Å². The van der Waals surface area contributed by atoms with E-state index in [-0.39, 0.29) is 58.8 Å². The van der Waals surface area contributed by atoms with Crippen LogP contribution >= 0.6 is 15.9 Å². The molecule has 0 spiro atoms. The normalized spacial score (nSPS) is 18.6. The van der Waals surface area contributed by atoms with Gasteiger partial charge in [-0.2, -0.15) is 8.78 Å². The lowest BCUT2D eigenvalue weighted by atomic mass is 9.81. The van der Waals surface area contributed by atoms with E-state index in [0.29, 0.717) is 39.5 Å². The number of nitrogens with two attached hydrogens (primary N) is 1. The molecule has 1 saturated carbocycles. The van der Waals surface area contributed by atoms with E-state index >= 15 is 0 Å². The molecule has 2 aromatic heterocycles. The highest BCUT2D eigenvalue weighted by molar-refractivity contribution is 9.10. The molecule has 1 aliphatic heterocycles. The topological polar surface area (TPSA) is 177 Å². The second-order valence-electron chi connectivity index (χ2n) is 11.8. The Labute approximate surface area is 269 Å². The van der Waals surface area contributed by atoms with E-state index in [9.17, 15) is 33.7 Å². The number of phenols is 2. The Balaban J connectivity index is 1.40. The van der Waals surface area contributed by atoms with Gasteiger partial charge < -0.3 is 35.8 Å². The van der Waals surface area contributed by atoms with Crippen LogP contribution in [0.5, 0.6) is 23.0 Å². The molecule has 0 unspecified atom stereocenters. The molecular formula is C32H29BrF2N4O7. The number of fused-ring (bicyclic) bond motifs is 2. The van der Waals surface area contributed by atoms with Gasteiger partial charge in [0.15, 0.2) is 17.2 Å². The second-order valence-corrected chi connectivity index (χ2v) is 12.6. The number of carbonyl (C=O) groups excluding carboxylic acids is 2. The molecule has 2 amide bonds. The summed E-state index contributed by atoms with van der Waals surface area (Å²) in [5.41, 5.74) is 4.47. The number of rotatable bonds is 9. The maximum absolute atomic E-state index is 13.5. The van der Waals surface area contributed by atoms with E-state index in [1.54, 1.807) is 19.9 Å². The minimum Gasteiger partial charge on any atom is -0.504 e. The number of nitrogens with one attached hydrogen (secondary N) is 1. The summed E-state index contributed by atoms with van der Waals surface area (Å²) in [6.07, 6.45) is 1.23. The van der Waals surface area contributed by atoms with Gasteiger partial charge in [-0.25, -0.2) is 9.97 Å². The fourth-order valence-corrected chi connectivity index (χ4v) is 5.97. The van der Waals surface area contributed by atoms with Crippen molar-refractivity contribution in [3.05, 3.63) is 69.5 Å². The number of nitrogens with zero attached hydrogens (tertiary/aromatic N) is 2. The summed E-state index contributed by atoms with van der Waals surface area (Å²) >= 11 is 3.37. The third-order valence-corrected chi connectivity index (χ3v) is 9.37. The first kappa shape index (κ1) is 31.4. The number of benzene rings is 2. The van der Waals surface area contributed by atoms with Crippen molar-refractivity contribution in [1.29, 1.82) is 0 Å². The number of amides is 2. The van der Waals surface area contributed by atoms with Crippen LogP contribution in [0.1, 0.15) is 47.1 Å². The first-order chi connectivity index (χ1) is 21.7. The van der Waals surface area contributed by atoms with Gasteiger partial charge in [0.05, 0.1) is 17.9 Å². The number of pyridine rings is 2. The molecule has 1 fully saturated rings. The van der Waals surface area contributed by atoms with Crippen LogP contribution in [0.15, 0.2) is 46.9 Å². The Bertz CT molecular complexity index is 1920. The Morgan fingerprint density at radius 3 is 2.57 bits per heavy atom. The fraction of sp³-hybridized carbons (Fsp3) is 0.312. The Hall–Kier alpha value is -4.56. The fourth-order valence-electron chi connectivity index (χ4n) is 5.64. The van der Waals surface area contributed by atoms with E-state index in [0.717, 1.165) is 0 Å². The summed E-state index contributed by atoms with van der Waals surface area (Å²) < 4.78 is 37.8. The number of aliphatic hydroxyl groups is 1. The molecule has 0 radical (unpaired) electrons. The standard InChI is InChI=1S/C32H29BrF2N4O7/c1-14-20(33)8-16-7-17(10-23(25(16)38-14)46-30(34)35)28(42)37-12-32(44,18-4-5-18)24-11-19-27(45-13-31(19,2)29(36)43)26(39-24)15-3-6-21(40)22(41)9-15/h3,6-11,18,30,40-41,44H,4-5,12-13H2,1-2H3,(H2,36,43)(H,37,42)/t31-,32+/m0/s1. The largest absolute Gasteiger partial charge is 0.504 e. The van der Waals surface area contributed by atoms with Crippen LogP contribution in [0.2, 0.25) is 0 Å². The van der Waals surface area contributed by atoms with Crippen molar-refractivity contribution in [3.63, 3.8) is 0 Å². The molecule has 11 nitrogen and oxygen atoms in total. The molecule has 3 heterocycles. The lowest BCUT2D eigenvalue weighted by Crippen LogP contribution is -2.44. The van der Waals surface area contributed by atoms with Crippen molar-refractivity contribution in [2.75, 3.05) is 13.2 Å². The van der Waals surface area contributed by atoms with Gasteiger partial charge in [-0.3, -0.25) is 9.59 Å². The predicted molar refractivity (Wildman–Crippen MR) is 165 cm³/mol. The highest BCUT2D eigenvalue weighted by atomic mass is 79.9. The van der Waals surface area contributed by atoms with Crippen LogP contribution in [0.25, 0.3) is 22.2 Å². The van der Waals surface area contributed by atoms with Gasteiger partial charge in [0.2, 0.25) is 5.91 Å². The summed E-state index contributed by atoms with van der Waals surface area (Å²) in [5, 5.41) is 35.3. The zero-order valence-corrected chi connectivity index (χ0v) is 26.2. The SMILES string of the molecule is Cc1nc2c(OC(F)F)cc(C(=O)NC[C@](O)(c3cc4c(c(-c5ccc(O)c(O)c5)n3)OC[C@]4(C)C(N)=O)C3CC3)cc2cc1Br. The van der Waals surface area contributed by atoms with E-state index in [1.165, 1.54) is 36.4 Å². The number of ether oxygens (including phenoxy) is 2. The molecule has 14 heteroatoms. The molecule has 0 saturated heterocycles. The molecule has 0 bridgehead atoms. The maximum atomic E-state index is 13.5. The Morgan fingerprint density at radius 2 is 1.91 bits per heavy atom. The maximum Gasteiger partial charge on any atom is 0.387 e. The van der Waals surface area contributed by atoms with Gasteiger partial charge in [-0.05, 0) is 91.0 Å². The minimum atomic E-state index is -3.15. The number of aromatic hydroxyl groups is 2. The summed E-state index contributed by atoms with van der Waals surface area (Å²) in [6, 6.07) is 9.87. The highest BCUT2D eigenvalue weighted by Gasteiger charge is 2.50. The Morgan fingerprint density at radius 1 is 1.17 bits per heavy atom. The van der Waals surface area contributed by atoms with Crippen molar-refractivity contribution >= 4 is 38.6 Å². The van der Waals surface area contributed by atoms with Gasteiger partial charge in [-0.1, -0.05) is 0 Å². The number of primary amides is 1. The number of halogens is 3. The number of phenolic OH excluding ortho intramolecular Hbond substituents is 2. The van der Waals surface area contributed by atoms with Crippen LogP contribution in [-0.2, 0) is 15.8 Å². The molecule has 6 rings (SSSR count). The van der Waals surface area contributed by atoms with Crippen molar-refractivity contribution in [3.8, 4) is 34.3 Å². The zero-order chi connectivity index (χ0) is 33.1. The Kier molecular flexibility index (Phi) is 7.75. The van der Waals surface area contributed by atoms with Gasteiger partial charge >= 0.3 is 6.61 Å². The van der Waals surface area contributed by atoms with Crippen LogP contribution in [0.4, 0.5) is 8.78 Å². The molecule has 46 heavy (non-hydrogen) atoms.